The quantitative estimate of drug-likeness (QED) is 0.0239. The van der Waals surface area contributed by atoms with Crippen LogP contribution < -0.4 is 34.5 Å². The minimum atomic E-state index is -4.99. The average Bonchev–Trinajstić information content (AvgIpc) is 3.02. The number of hydrogen-bond acceptors (Lipinski definition) is 7. The second kappa shape index (κ2) is 37.1. The number of carbonyl (C=O) groups excluding carboxylic acids is 2. The zero-order valence-electron chi connectivity index (χ0n) is 30.7. The van der Waals surface area contributed by atoms with Crippen molar-refractivity contribution < 1.29 is 67.5 Å². The number of unbranched alkanes of at least 4 members (excludes halogenated alkanes) is 23. The summed E-state index contributed by atoms with van der Waals surface area (Å²) in [4.78, 5) is 44.5. The molecule has 0 aromatic heterocycles. The van der Waals surface area contributed by atoms with Gasteiger partial charge in [0.25, 0.3) is 7.82 Å². The molecule has 0 aromatic carbocycles. The Morgan fingerprint density at radius 1 is 0.596 bits per heavy atom. The molecule has 0 spiro atoms. The fourth-order valence-electron chi connectivity index (χ4n) is 5.42. The maximum atomic E-state index is 12.3. The van der Waals surface area contributed by atoms with E-state index in [-0.39, 0.29) is 49.0 Å². The summed E-state index contributed by atoms with van der Waals surface area (Å²) in [5.74, 6) is -0.923. The molecule has 10 heteroatoms. The fourth-order valence-corrected chi connectivity index (χ4v) is 5.78. The fraction of sp³-hybridized carbons (Fsp3) is 0.892. The van der Waals surface area contributed by atoms with Crippen LogP contribution in [0.2, 0.25) is 0 Å². The number of carbonyl (C=O) groups is 2. The van der Waals surface area contributed by atoms with Crippen LogP contribution in [0.3, 0.4) is 0 Å². The normalized spacial score (nSPS) is 13.3. The van der Waals surface area contributed by atoms with Gasteiger partial charge in [-0.2, -0.15) is 0 Å². The first kappa shape index (κ1) is 48.9. The van der Waals surface area contributed by atoms with Crippen molar-refractivity contribution in [2.45, 2.75) is 200 Å². The van der Waals surface area contributed by atoms with E-state index in [0.29, 0.717) is 6.42 Å². The summed E-state index contributed by atoms with van der Waals surface area (Å²) < 4.78 is 26.0. The summed E-state index contributed by atoms with van der Waals surface area (Å²) in [5.41, 5.74) is 0. The van der Waals surface area contributed by atoms with Crippen molar-refractivity contribution in [2.75, 3.05) is 13.2 Å². The molecule has 0 aliphatic carbocycles. The Balaban J connectivity index is 0. The van der Waals surface area contributed by atoms with Crippen LogP contribution in [0.15, 0.2) is 12.2 Å². The van der Waals surface area contributed by atoms with Gasteiger partial charge in [0, 0.05) is 12.8 Å². The van der Waals surface area contributed by atoms with E-state index in [1.54, 1.807) is 0 Å². The third-order valence-electron chi connectivity index (χ3n) is 8.28. The number of esters is 2. The molecule has 0 fully saturated rings. The predicted molar refractivity (Wildman–Crippen MR) is 186 cm³/mol. The zero-order chi connectivity index (χ0) is 34.0. The third-order valence-corrected chi connectivity index (χ3v) is 8.75. The van der Waals surface area contributed by atoms with Crippen LogP contribution in [0.5, 0.6) is 0 Å². The first-order chi connectivity index (χ1) is 22.3. The van der Waals surface area contributed by atoms with Gasteiger partial charge in [0.2, 0.25) is 0 Å². The van der Waals surface area contributed by atoms with E-state index in [1.165, 1.54) is 109 Å². The number of allylic oxidation sites excluding steroid dienone is 2. The van der Waals surface area contributed by atoms with Crippen molar-refractivity contribution in [2.24, 2.45) is 0 Å². The third kappa shape index (κ3) is 40.1. The van der Waals surface area contributed by atoms with Gasteiger partial charge in [-0.1, -0.05) is 154 Å². The molecule has 0 amide bonds. The zero-order valence-corrected chi connectivity index (χ0v) is 33.6. The van der Waals surface area contributed by atoms with Gasteiger partial charge >= 0.3 is 41.5 Å². The van der Waals surface area contributed by atoms with Crippen LogP contribution in [0.4, 0.5) is 0 Å². The van der Waals surface area contributed by atoms with Crippen LogP contribution in [-0.2, 0) is 28.2 Å². The maximum absolute atomic E-state index is 12.3. The summed E-state index contributed by atoms with van der Waals surface area (Å²) in [6, 6.07) is 0. The van der Waals surface area contributed by atoms with Gasteiger partial charge < -0.3 is 23.8 Å². The predicted octanol–water partition coefficient (Wildman–Crippen LogP) is 7.44. The Hall–Kier alpha value is -0.210. The topological polar surface area (TPSA) is 122 Å². The van der Waals surface area contributed by atoms with Crippen LogP contribution in [0.25, 0.3) is 0 Å². The molecule has 0 radical (unpaired) electrons. The van der Waals surface area contributed by atoms with Gasteiger partial charge in [0.05, 0.1) is 6.61 Å². The van der Waals surface area contributed by atoms with Crippen molar-refractivity contribution >= 4 is 19.8 Å². The molecule has 0 aliphatic rings. The van der Waals surface area contributed by atoms with Crippen LogP contribution in [0, 0.1) is 0 Å². The summed E-state index contributed by atoms with van der Waals surface area (Å²) in [6.45, 7) is 3.58. The summed E-state index contributed by atoms with van der Waals surface area (Å²) in [6.07, 6.45) is 34.8. The Labute approximate surface area is 310 Å². The number of phosphoric acid groups is 1. The molecule has 2 atom stereocenters. The summed E-state index contributed by atoms with van der Waals surface area (Å²) in [7, 11) is -4.99. The smallest absolute Gasteiger partial charge is 0.756 e. The van der Waals surface area contributed by atoms with Crippen molar-refractivity contribution in [3.05, 3.63) is 12.2 Å². The molecule has 2 unspecified atom stereocenters. The molecule has 0 aliphatic heterocycles. The van der Waals surface area contributed by atoms with E-state index < -0.39 is 32.5 Å². The summed E-state index contributed by atoms with van der Waals surface area (Å²) in [5, 5.41) is 0. The molecule has 272 valence electrons. The molecule has 1 N–H and O–H groups in total. The Kier molecular flexibility index (Phi) is 38.6. The van der Waals surface area contributed by atoms with Gasteiger partial charge in [0.15, 0.2) is 6.10 Å². The van der Waals surface area contributed by atoms with Crippen LogP contribution >= 0.6 is 7.82 Å². The van der Waals surface area contributed by atoms with E-state index in [1.807, 2.05) is 0 Å². The SMILES string of the molecule is CCCCCCCC/C=C/CCCCCCCC(=O)OC(COC(=O)CCCCCCCCCCCCCCC)COP(=O)([O-])O.[Na+]. The van der Waals surface area contributed by atoms with E-state index in [4.69, 9.17) is 14.4 Å². The van der Waals surface area contributed by atoms with Crippen molar-refractivity contribution in [1.29, 1.82) is 0 Å². The van der Waals surface area contributed by atoms with Gasteiger partial charge in [-0.3, -0.25) is 14.2 Å². The Morgan fingerprint density at radius 3 is 1.36 bits per heavy atom. The van der Waals surface area contributed by atoms with Crippen LogP contribution in [0.1, 0.15) is 194 Å². The van der Waals surface area contributed by atoms with Crippen molar-refractivity contribution in [1.82, 2.24) is 0 Å². The average molecular weight is 697 g/mol. The van der Waals surface area contributed by atoms with Crippen LogP contribution in [-0.4, -0.2) is 36.1 Å². The van der Waals surface area contributed by atoms with E-state index in [0.717, 1.165) is 51.4 Å². The maximum Gasteiger partial charge on any atom is 1.00 e. The monoisotopic (exact) mass is 696 g/mol. The van der Waals surface area contributed by atoms with E-state index in [9.17, 15) is 19.0 Å². The first-order valence-electron chi connectivity index (χ1n) is 19.0. The van der Waals surface area contributed by atoms with E-state index >= 15 is 0 Å². The largest absolute Gasteiger partial charge is 1.00 e. The van der Waals surface area contributed by atoms with Gasteiger partial charge in [-0.25, -0.2) is 0 Å². The molecule has 8 nitrogen and oxygen atoms in total. The van der Waals surface area contributed by atoms with Crippen molar-refractivity contribution in [3.63, 3.8) is 0 Å². The molecule has 0 heterocycles. The number of ether oxygens (including phenoxy) is 2. The number of hydrogen-bond donors (Lipinski definition) is 1. The van der Waals surface area contributed by atoms with Gasteiger partial charge in [-0.05, 0) is 38.5 Å². The summed E-state index contributed by atoms with van der Waals surface area (Å²) >= 11 is 0. The Morgan fingerprint density at radius 2 is 0.957 bits per heavy atom. The van der Waals surface area contributed by atoms with Gasteiger partial charge in [0.1, 0.15) is 6.61 Å². The second-order valence-electron chi connectivity index (χ2n) is 12.9. The molecule has 0 rings (SSSR count). The molecule has 0 saturated heterocycles. The standard InChI is InChI=1S/C37H71O8P.Na/c1-3-5-7-9-11-13-15-17-18-20-22-24-26-28-30-32-37(39)45-35(34-44-46(40,41)42)33-43-36(38)31-29-27-25-23-21-19-16-14-12-10-8-6-4-2;/h17-18,35H,3-16,19-34H2,1-2H3,(H2,40,41,42);/q;+1/p-1/b18-17+;. The minimum Gasteiger partial charge on any atom is -0.756 e. The molecular weight excluding hydrogens is 626 g/mol. The Bertz CT molecular complexity index is 773. The molecular formula is C37H70NaO8P. The van der Waals surface area contributed by atoms with E-state index in [2.05, 4.69) is 30.5 Å². The van der Waals surface area contributed by atoms with Crippen molar-refractivity contribution in [3.8, 4) is 0 Å². The molecule has 0 aromatic rings. The van der Waals surface area contributed by atoms with Gasteiger partial charge in [-0.15, -0.1) is 0 Å². The molecule has 0 saturated carbocycles. The number of phosphoric ester groups is 1. The molecule has 47 heavy (non-hydrogen) atoms. The second-order valence-corrected chi connectivity index (χ2v) is 14.1. The minimum absolute atomic E-state index is 0. The molecule has 0 bridgehead atoms. The number of rotatable bonds is 35. The first-order valence-corrected chi connectivity index (χ1v) is 20.5.